The van der Waals surface area contributed by atoms with Crippen molar-refractivity contribution in [1.82, 2.24) is 14.8 Å². The van der Waals surface area contributed by atoms with Gasteiger partial charge in [0.2, 0.25) is 0 Å². The van der Waals surface area contributed by atoms with Crippen molar-refractivity contribution in [1.29, 1.82) is 0 Å². The summed E-state index contributed by atoms with van der Waals surface area (Å²) in [5.74, 6) is -0.717. The number of likely N-dealkylation sites (tertiary alicyclic amines) is 1. The van der Waals surface area contributed by atoms with Crippen LogP contribution in [0.1, 0.15) is 64.7 Å². The molecular weight excluding hydrogens is 369 g/mol. The smallest absolute Gasteiger partial charge is 0.256 e. The number of carbonyl (C=O) groups excluding carboxylic acids is 2. The highest BCUT2D eigenvalue weighted by Gasteiger charge is 2.30. The highest BCUT2D eigenvalue weighted by atomic mass is 19.1. The van der Waals surface area contributed by atoms with Crippen LogP contribution in [-0.2, 0) is 0 Å². The first-order chi connectivity index (χ1) is 13.8. The number of aryl methyl sites for hydroxylation is 1. The molecule has 1 saturated heterocycles. The first kappa shape index (κ1) is 21.0. The molecule has 5 nitrogen and oxygen atoms in total. The van der Waals surface area contributed by atoms with Gasteiger partial charge < -0.3 is 9.80 Å². The average Bonchev–Trinajstić information content (AvgIpc) is 2.72. The fraction of sp³-hybridized carbons (Fsp3) is 0.435. The predicted octanol–water partition coefficient (Wildman–Crippen LogP) is 4.03. The van der Waals surface area contributed by atoms with Gasteiger partial charge in [0.25, 0.3) is 11.8 Å². The second kappa shape index (κ2) is 8.72. The van der Waals surface area contributed by atoms with Crippen LogP contribution in [0.15, 0.2) is 36.4 Å². The maximum absolute atomic E-state index is 14.0. The monoisotopic (exact) mass is 397 g/mol. The molecule has 1 fully saturated rings. The van der Waals surface area contributed by atoms with E-state index in [2.05, 4.69) is 0 Å². The summed E-state index contributed by atoms with van der Waals surface area (Å²) in [7, 11) is 1.80. The quantitative estimate of drug-likeness (QED) is 0.783. The van der Waals surface area contributed by atoms with E-state index in [4.69, 9.17) is 4.98 Å². The molecule has 0 bridgehead atoms. The zero-order valence-electron chi connectivity index (χ0n) is 17.5. The number of nitrogens with zero attached hydrogens (tertiary/aromatic N) is 3. The minimum absolute atomic E-state index is 0.0348. The summed E-state index contributed by atoms with van der Waals surface area (Å²) in [6.45, 7) is 6.90. The van der Waals surface area contributed by atoms with Crippen LogP contribution in [0.4, 0.5) is 4.39 Å². The Morgan fingerprint density at radius 3 is 2.38 bits per heavy atom. The molecule has 29 heavy (non-hydrogen) atoms. The van der Waals surface area contributed by atoms with E-state index in [0.717, 1.165) is 11.4 Å². The Morgan fingerprint density at radius 2 is 1.76 bits per heavy atom. The lowest BCUT2D eigenvalue weighted by molar-refractivity contribution is 0.0699. The zero-order valence-corrected chi connectivity index (χ0v) is 17.5. The maximum atomic E-state index is 14.0. The maximum Gasteiger partial charge on any atom is 0.256 e. The van der Waals surface area contributed by atoms with Crippen molar-refractivity contribution in [3.8, 4) is 0 Å². The van der Waals surface area contributed by atoms with E-state index >= 15 is 0 Å². The second-order valence-electron chi connectivity index (χ2n) is 7.94. The third kappa shape index (κ3) is 4.47. The van der Waals surface area contributed by atoms with E-state index in [9.17, 15) is 14.0 Å². The zero-order chi connectivity index (χ0) is 21.1. The molecule has 0 unspecified atom stereocenters. The molecular formula is C23H28FN3O2. The van der Waals surface area contributed by atoms with Gasteiger partial charge in [0.15, 0.2) is 0 Å². The molecule has 1 aromatic heterocycles. The Kier molecular flexibility index (Phi) is 6.30. The Bertz CT molecular complexity index is 905. The molecule has 0 spiro atoms. The Balaban J connectivity index is 1.77. The summed E-state index contributed by atoms with van der Waals surface area (Å²) in [4.78, 5) is 33.7. The van der Waals surface area contributed by atoms with Crippen LogP contribution in [0.5, 0.6) is 0 Å². The van der Waals surface area contributed by atoms with Crippen LogP contribution in [0, 0.1) is 12.7 Å². The van der Waals surface area contributed by atoms with E-state index in [1.54, 1.807) is 29.0 Å². The molecule has 154 valence electrons. The van der Waals surface area contributed by atoms with Gasteiger partial charge in [0.1, 0.15) is 5.82 Å². The van der Waals surface area contributed by atoms with Gasteiger partial charge in [-0.1, -0.05) is 12.1 Å². The first-order valence-electron chi connectivity index (χ1n) is 10.1. The first-order valence-corrected chi connectivity index (χ1v) is 10.1. The Morgan fingerprint density at radius 1 is 1.10 bits per heavy atom. The number of carbonyl (C=O) groups is 2. The Labute approximate surface area is 171 Å². The molecule has 2 aromatic rings. The highest BCUT2D eigenvalue weighted by Crippen LogP contribution is 2.31. The molecule has 0 saturated carbocycles. The number of rotatable bonds is 4. The van der Waals surface area contributed by atoms with E-state index in [0.29, 0.717) is 31.5 Å². The van der Waals surface area contributed by atoms with Crippen molar-refractivity contribution < 1.29 is 14.0 Å². The number of hydrogen-bond donors (Lipinski definition) is 0. The molecule has 1 aliphatic rings. The molecule has 3 rings (SSSR count). The summed E-state index contributed by atoms with van der Waals surface area (Å²) >= 11 is 0. The molecule has 0 radical (unpaired) electrons. The van der Waals surface area contributed by atoms with Crippen molar-refractivity contribution in [2.45, 2.75) is 45.6 Å². The largest absolute Gasteiger partial charge is 0.339 e. The van der Waals surface area contributed by atoms with Gasteiger partial charge >= 0.3 is 0 Å². The number of halogens is 1. The van der Waals surface area contributed by atoms with Gasteiger partial charge in [-0.05, 0) is 57.9 Å². The highest BCUT2D eigenvalue weighted by molar-refractivity contribution is 5.96. The lowest BCUT2D eigenvalue weighted by Crippen LogP contribution is -2.39. The van der Waals surface area contributed by atoms with Gasteiger partial charge in [0, 0.05) is 37.8 Å². The predicted molar refractivity (Wildman–Crippen MR) is 110 cm³/mol. The summed E-state index contributed by atoms with van der Waals surface area (Å²) < 4.78 is 14.0. The number of hydrogen-bond acceptors (Lipinski definition) is 3. The van der Waals surface area contributed by atoms with Gasteiger partial charge in [0.05, 0.1) is 16.8 Å². The van der Waals surface area contributed by atoms with Crippen LogP contribution in [0.25, 0.3) is 0 Å². The molecule has 0 atom stereocenters. The lowest BCUT2D eigenvalue weighted by Gasteiger charge is -2.33. The average molecular weight is 397 g/mol. The molecule has 2 heterocycles. The van der Waals surface area contributed by atoms with Crippen LogP contribution in [0.2, 0.25) is 0 Å². The van der Waals surface area contributed by atoms with Crippen LogP contribution in [0.3, 0.4) is 0 Å². The number of piperidine rings is 1. The molecule has 1 aliphatic heterocycles. The van der Waals surface area contributed by atoms with Crippen molar-refractivity contribution in [2.24, 2.45) is 0 Å². The van der Waals surface area contributed by atoms with E-state index in [1.165, 1.54) is 12.1 Å². The van der Waals surface area contributed by atoms with Crippen molar-refractivity contribution >= 4 is 11.8 Å². The van der Waals surface area contributed by atoms with Crippen LogP contribution >= 0.6 is 0 Å². The number of benzene rings is 1. The molecule has 1 aromatic carbocycles. The van der Waals surface area contributed by atoms with Gasteiger partial charge in [-0.25, -0.2) is 4.39 Å². The van der Waals surface area contributed by atoms with Crippen molar-refractivity contribution in [3.05, 3.63) is 64.7 Å². The van der Waals surface area contributed by atoms with Crippen molar-refractivity contribution in [3.63, 3.8) is 0 Å². The summed E-state index contributed by atoms with van der Waals surface area (Å²) in [6.07, 6.45) is 1.39. The fourth-order valence-electron chi connectivity index (χ4n) is 3.65. The minimum atomic E-state index is -0.496. The molecule has 0 aliphatic carbocycles. The molecule has 2 amide bonds. The number of pyridine rings is 1. The topological polar surface area (TPSA) is 53.5 Å². The fourth-order valence-corrected chi connectivity index (χ4v) is 3.65. The normalized spacial score (nSPS) is 14.9. The van der Waals surface area contributed by atoms with Gasteiger partial charge in [-0.2, -0.15) is 0 Å². The van der Waals surface area contributed by atoms with E-state index in [-0.39, 0.29) is 29.3 Å². The second-order valence-corrected chi connectivity index (χ2v) is 7.94. The third-order valence-electron chi connectivity index (χ3n) is 5.66. The lowest BCUT2D eigenvalue weighted by atomic mass is 9.89. The van der Waals surface area contributed by atoms with Crippen molar-refractivity contribution in [2.75, 3.05) is 20.1 Å². The standard InChI is InChI=1S/C23H28FN3O2/c1-15(2)26(4)22(28)19-10-9-16(3)25-21(19)17-11-13-27(14-12-17)23(29)18-7-5-6-8-20(18)24/h5-10,15,17H,11-14H2,1-4H3. The van der Waals surface area contributed by atoms with Gasteiger partial charge in [-0.3, -0.25) is 14.6 Å². The van der Waals surface area contributed by atoms with Crippen LogP contribution < -0.4 is 0 Å². The minimum Gasteiger partial charge on any atom is -0.339 e. The molecule has 0 N–H and O–H groups in total. The van der Waals surface area contributed by atoms with E-state index in [1.807, 2.05) is 32.9 Å². The third-order valence-corrected chi connectivity index (χ3v) is 5.66. The van der Waals surface area contributed by atoms with Gasteiger partial charge in [-0.15, -0.1) is 0 Å². The Hall–Kier alpha value is -2.76. The van der Waals surface area contributed by atoms with Crippen LogP contribution in [-0.4, -0.2) is 52.8 Å². The molecule has 6 heteroatoms. The number of aromatic nitrogens is 1. The summed E-state index contributed by atoms with van der Waals surface area (Å²) in [6, 6.07) is 9.88. The SMILES string of the molecule is Cc1ccc(C(=O)N(C)C(C)C)c(C2CCN(C(=O)c3ccccc3F)CC2)n1. The summed E-state index contributed by atoms with van der Waals surface area (Å²) in [5.41, 5.74) is 2.41. The summed E-state index contributed by atoms with van der Waals surface area (Å²) in [5, 5.41) is 0. The van der Waals surface area contributed by atoms with E-state index < -0.39 is 5.82 Å². The number of amides is 2.